The minimum Gasteiger partial charge on any atom is -0.391 e. The number of nitrogens with one attached hydrogen (secondary N) is 6. The molecule has 1 saturated carbocycles. The first-order valence-electron chi connectivity index (χ1n) is 28.5. The Bertz CT molecular complexity index is 3330. The molecule has 4 heterocycles. The summed E-state index contributed by atoms with van der Waals surface area (Å²) < 4.78 is 72.6. The molecule has 1 aliphatic carbocycles. The molecule has 6 amide bonds. The third-order valence-corrected chi connectivity index (χ3v) is 17.0. The maximum atomic E-state index is 15.7. The predicted molar refractivity (Wildman–Crippen MR) is 313 cm³/mol. The number of piperazine rings is 1. The van der Waals surface area contributed by atoms with Crippen LogP contribution >= 0.6 is 11.3 Å². The summed E-state index contributed by atoms with van der Waals surface area (Å²) >= 11 is 1.47. The van der Waals surface area contributed by atoms with Crippen LogP contribution in [-0.2, 0) is 25.4 Å². The lowest BCUT2D eigenvalue weighted by atomic mass is 9.85. The summed E-state index contributed by atoms with van der Waals surface area (Å²) in [5, 5.41) is 24.7. The zero-order valence-corrected chi connectivity index (χ0v) is 49.4. The second kappa shape index (κ2) is 26.4. The van der Waals surface area contributed by atoms with Gasteiger partial charge in [0.2, 0.25) is 23.3 Å². The van der Waals surface area contributed by atoms with Gasteiger partial charge in [0.05, 0.1) is 57.1 Å². The van der Waals surface area contributed by atoms with E-state index in [-0.39, 0.29) is 79.1 Å². The number of pyridine rings is 1. The normalized spacial score (nSPS) is 19.4. The van der Waals surface area contributed by atoms with Gasteiger partial charge < -0.3 is 46.5 Å². The number of unbranched alkanes of at least 4 members (excludes halogenated alkanes) is 3. The average molecular weight is 1200 g/mol. The molecule has 0 bridgehead atoms. The molecule has 8 rings (SSSR count). The van der Waals surface area contributed by atoms with Crippen molar-refractivity contribution in [1.29, 1.82) is 0 Å². The predicted octanol–water partition coefficient (Wildman–Crippen LogP) is 8.06. The van der Waals surface area contributed by atoms with Gasteiger partial charge in [-0.3, -0.25) is 38.5 Å². The number of thiazole rings is 1. The number of H-pyrrole nitrogens is 1. The van der Waals surface area contributed by atoms with E-state index in [1.54, 1.807) is 50.5 Å². The smallest absolute Gasteiger partial charge is 0.391 e. The number of amides is 6. The Balaban J connectivity index is 0.864. The van der Waals surface area contributed by atoms with Gasteiger partial charge in [-0.2, -0.15) is 13.2 Å². The standard InChI is InChI=1S/C61H73F5N10O8S/c1-34-30-75(31-35(2)74(34)7)48-19-17-39(25-47(48)72-55(81)43-29-69-50(78)27-44(43)61(64,65)66)42-24-40(16-18-45(42)62)54(80)68-23-11-9-8-10-22-67-51(79)28-46(37-12-14-38(15-13-37)52-36(3)70-33-85-52)71-56(82)49-26-41(77)32-76(49)57(83)53(59(4,5)6)73-58(84)60(63)20-21-60/h12-19,24-25,27,29,33-35,41,46,49,53,77H,8-11,20-23,26,28,30-32H2,1-7H3,(H,67,79)(H,68,80)(H,69,78)(H,71,82)(H,72,81)(H,73,84)/t34-,35+,41-,46+,49+,53-/m1/s1. The number of carbonyl (C=O) groups is 6. The Morgan fingerprint density at radius 2 is 1.51 bits per heavy atom. The molecule has 7 N–H and O–H groups in total. The summed E-state index contributed by atoms with van der Waals surface area (Å²) in [5.41, 5.74) is -1.20. The number of aromatic amines is 1. The average Bonchev–Trinajstić information content (AvgIpc) is 4.04. The lowest BCUT2D eigenvalue weighted by molar-refractivity contribution is -0.145. The number of aryl methyl sites for hydroxylation is 1. The number of aliphatic hydroxyl groups is 1. The van der Waals surface area contributed by atoms with Crippen LogP contribution in [0.15, 0.2) is 83.2 Å². The van der Waals surface area contributed by atoms with E-state index in [1.807, 2.05) is 44.9 Å². The van der Waals surface area contributed by atoms with Crippen LogP contribution in [0.25, 0.3) is 21.6 Å². The molecule has 3 aliphatic rings. The first-order valence-corrected chi connectivity index (χ1v) is 29.4. The quantitative estimate of drug-likeness (QED) is 0.0274. The van der Waals surface area contributed by atoms with Crippen molar-refractivity contribution in [1.82, 2.24) is 41.0 Å². The Morgan fingerprint density at radius 3 is 2.13 bits per heavy atom. The monoisotopic (exact) mass is 1200 g/mol. The van der Waals surface area contributed by atoms with E-state index >= 15 is 4.39 Å². The number of hydrogen-bond donors (Lipinski definition) is 7. The summed E-state index contributed by atoms with van der Waals surface area (Å²) in [6.07, 6.45) is -3.07. The van der Waals surface area contributed by atoms with E-state index in [2.05, 4.69) is 41.5 Å². The number of hydrogen-bond acceptors (Lipinski definition) is 12. The molecular formula is C61H73F5N10O8S. The minimum atomic E-state index is -5.02. The molecule has 2 aliphatic heterocycles. The van der Waals surface area contributed by atoms with Crippen molar-refractivity contribution in [3.05, 3.63) is 123 Å². The van der Waals surface area contributed by atoms with Crippen molar-refractivity contribution in [3.63, 3.8) is 0 Å². The summed E-state index contributed by atoms with van der Waals surface area (Å²) in [5.74, 6) is -4.85. The first kappa shape index (κ1) is 63.5. The van der Waals surface area contributed by atoms with Crippen molar-refractivity contribution in [2.45, 2.75) is 141 Å². The number of alkyl halides is 4. The molecule has 456 valence electrons. The van der Waals surface area contributed by atoms with Crippen LogP contribution < -0.4 is 37.0 Å². The molecule has 2 saturated heterocycles. The highest BCUT2D eigenvalue weighted by Gasteiger charge is 2.53. The van der Waals surface area contributed by atoms with E-state index in [4.69, 9.17) is 0 Å². The Labute approximate surface area is 493 Å². The molecule has 5 aromatic rings. The van der Waals surface area contributed by atoms with E-state index in [0.717, 1.165) is 22.2 Å². The third-order valence-electron chi connectivity index (χ3n) is 16.0. The number of likely N-dealkylation sites (tertiary alicyclic amines) is 1. The van der Waals surface area contributed by atoms with Gasteiger partial charge in [-0.05, 0) is 106 Å². The topological polar surface area (TPSA) is 238 Å². The van der Waals surface area contributed by atoms with Gasteiger partial charge in [0, 0.05) is 74.6 Å². The third kappa shape index (κ3) is 15.5. The van der Waals surface area contributed by atoms with Crippen molar-refractivity contribution in [3.8, 4) is 21.6 Å². The number of halogens is 5. The number of rotatable bonds is 21. The fourth-order valence-corrected chi connectivity index (χ4v) is 11.5. The number of likely N-dealkylation sites (N-methyl/N-ethyl adjacent to an activating group) is 1. The number of nitrogens with zero attached hydrogens (tertiary/aromatic N) is 4. The molecular weight excluding hydrogens is 1130 g/mol. The van der Waals surface area contributed by atoms with Crippen LogP contribution in [0.2, 0.25) is 0 Å². The lowest BCUT2D eigenvalue weighted by Gasteiger charge is -2.44. The number of benzene rings is 3. The van der Waals surface area contributed by atoms with E-state index in [0.29, 0.717) is 68.8 Å². The lowest BCUT2D eigenvalue weighted by Crippen LogP contribution is -2.59. The molecule has 18 nitrogen and oxygen atoms in total. The Hall–Kier alpha value is -7.57. The van der Waals surface area contributed by atoms with Crippen molar-refractivity contribution >= 4 is 58.2 Å². The number of carbonyl (C=O) groups excluding carboxylic acids is 6. The summed E-state index contributed by atoms with van der Waals surface area (Å²) in [6.45, 7) is 12.4. The van der Waals surface area contributed by atoms with Crippen molar-refractivity contribution in [2.75, 3.05) is 50.0 Å². The molecule has 3 fully saturated rings. The fourth-order valence-electron chi connectivity index (χ4n) is 10.7. The van der Waals surface area contributed by atoms with Crippen LogP contribution in [0.3, 0.4) is 0 Å². The molecule has 2 aromatic heterocycles. The van der Waals surface area contributed by atoms with Gasteiger partial charge in [0.15, 0.2) is 5.67 Å². The van der Waals surface area contributed by atoms with Crippen LogP contribution in [0.1, 0.15) is 130 Å². The number of aliphatic hydroxyl groups excluding tert-OH is 1. The van der Waals surface area contributed by atoms with E-state index in [1.165, 1.54) is 34.4 Å². The second-order valence-electron chi connectivity index (χ2n) is 23.6. The van der Waals surface area contributed by atoms with Gasteiger partial charge in [-0.1, -0.05) is 63.9 Å². The maximum absolute atomic E-state index is 15.7. The van der Waals surface area contributed by atoms with Crippen molar-refractivity contribution in [2.24, 2.45) is 5.41 Å². The molecule has 0 radical (unpaired) electrons. The summed E-state index contributed by atoms with van der Waals surface area (Å²) in [6, 6.07) is 13.1. The van der Waals surface area contributed by atoms with E-state index < -0.39 is 93.5 Å². The molecule has 6 atom stereocenters. The van der Waals surface area contributed by atoms with Gasteiger partial charge in [0.1, 0.15) is 17.9 Å². The van der Waals surface area contributed by atoms with Crippen LogP contribution in [0, 0.1) is 18.2 Å². The van der Waals surface area contributed by atoms with Gasteiger partial charge in [0.25, 0.3) is 17.7 Å². The molecule has 0 spiro atoms. The first-order chi connectivity index (χ1) is 40.1. The van der Waals surface area contributed by atoms with Crippen molar-refractivity contribution < 1.29 is 55.8 Å². The van der Waals surface area contributed by atoms with Crippen LogP contribution in [-0.4, -0.2) is 136 Å². The van der Waals surface area contributed by atoms with E-state index in [9.17, 15) is 56.2 Å². The molecule has 3 aromatic carbocycles. The molecule has 24 heteroatoms. The second-order valence-corrected chi connectivity index (χ2v) is 24.4. The molecule has 0 unspecified atom stereocenters. The van der Waals surface area contributed by atoms with Gasteiger partial charge >= 0.3 is 6.18 Å². The van der Waals surface area contributed by atoms with Crippen LogP contribution in [0.5, 0.6) is 0 Å². The van der Waals surface area contributed by atoms with Gasteiger partial charge in [-0.15, -0.1) is 11.3 Å². The van der Waals surface area contributed by atoms with Gasteiger partial charge in [-0.25, -0.2) is 13.8 Å². The Morgan fingerprint density at radius 1 is 0.847 bits per heavy atom. The minimum absolute atomic E-state index is 0.00201. The number of aromatic nitrogens is 2. The molecule has 85 heavy (non-hydrogen) atoms. The largest absolute Gasteiger partial charge is 0.417 e. The highest BCUT2D eigenvalue weighted by atomic mass is 32.1. The Kier molecular flexibility index (Phi) is 19.7. The number of β-amino-alcohol motifs (C(OH)–C–C–N with tert-alkyl or cyclic N) is 1. The fraction of sp³-hybridized carbons (Fsp3) is 0.475. The summed E-state index contributed by atoms with van der Waals surface area (Å²) in [7, 11) is 1.98. The zero-order chi connectivity index (χ0) is 61.7. The highest BCUT2D eigenvalue weighted by Crippen LogP contribution is 2.41. The number of anilines is 2. The highest BCUT2D eigenvalue weighted by molar-refractivity contribution is 7.13. The summed E-state index contributed by atoms with van der Waals surface area (Å²) in [4.78, 5) is 107. The maximum Gasteiger partial charge on any atom is 0.417 e. The zero-order valence-electron chi connectivity index (χ0n) is 48.6. The van der Waals surface area contributed by atoms with Crippen LogP contribution in [0.4, 0.5) is 33.3 Å². The SMILES string of the molecule is Cc1ncsc1-c1ccc([C@H](CC(=O)NCCCCCCNC(=O)c2ccc(F)c(-c3ccc(N4C[C@@H](C)N(C)[C@@H](C)C4)c(NC(=O)c4c[nH]c(=O)cc4C(F)(F)F)c3)c2)NC(=O)[C@@H]2C[C@@H](O)CN2C(=O)[C@@H](NC(=O)C2(F)CC2)C(C)(C)C)cc1.